The molecular formula is C22H30N4OS3. The number of hydrogen-bond donors (Lipinski definition) is 4. The van der Waals surface area contributed by atoms with Crippen LogP contribution in [0, 0.1) is 0 Å². The first kappa shape index (κ1) is 23.2. The van der Waals surface area contributed by atoms with Crippen LogP contribution in [0.1, 0.15) is 6.42 Å². The largest absolute Gasteiger partial charge is 0.493 e. The van der Waals surface area contributed by atoms with Crippen LogP contribution in [0.5, 0.6) is 5.75 Å². The van der Waals surface area contributed by atoms with E-state index in [1.54, 1.807) is 11.3 Å². The number of thiazole rings is 1. The van der Waals surface area contributed by atoms with E-state index in [0.717, 1.165) is 72.5 Å². The van der Waals surface area contributed by atoms with E-state index in [9.17, 15) is 0 Å². The summed E-state index contributed by atoms with van der Waals surface area (Å²) in [6.45, 7) is 5.48. The third-order valence-electron chi connectivity index (χ3n) is 4.72. The Kier molecular flexibility index (Phi) is 9.61. The molecule has 3 N–H and O–H groups in total. The van der Waals surface area contributed by atoms with Gasteiger partial charge in [-0.25, -0.2) is 4.98 Å². The van der Waals surface area contributed by atoms with Gasteiger partial charge in [0.1, 0.15) is 10.8 Å². The lowest BCUT2D eigenvalue weighted by molar-refractivity contribution is 0.244. The Labute approximate surface area is 193 Å². The molecule has 0 aliphatic carbocycles. The zero-order valence-corrected chi connectivity index (χ0v) is 19.7. The van der Waals surface area contributed by atoms with Gasteiger partial charge in [-0.1, -0.05) is 12.1 Å². The maximum absolute atomic E-state index is 6.16. The minimum atomic E-state index is 0.633. The molecule has 0 fully saturated rings. The average molecular weight is 463 g/mol. The molecule has 0 saturated heterocycles. The quantitative estimate of drug-likeness (QED) is 0.175. The lowest BCUT2D eigenvalue weighted by Crippen LogP contribution is -2.35. The summed E-state index contributed by atoms with van der Waals surface area (Å²) >= 11 is 10.3. The van der Waals surface area contributed by atoms with Crippen LogP contribution < -0.4 is 15.8 Å². The third kappa shape index (κ3) is 6.78. The molecule has 8 heteroatoms. The lowest BCUT2D eigenvalue weighted by atomic mass is 10.2. The molecule has 0 bridgehead atoms. The summed E-state index contributed by atoms with van der Waals surface area (Å²) in [6.07, 6.45) is 0.939. The number of nitrogens with zero attached hydrogens (tertiary/aromatic N) is 2. The van der Waals surface area contributed by atoms with E-state index in [1.807, 2.05) is 36.4 Å². The molecule has 2 aromatic carbocycles. The third-order valence-corrected chi connectivity index (χ3v) is 6.21. The number of thiol groups is 2. The summed E-state index contributed by atoms with van der Waals surface area (Å²) in [5, 5.41) is 4.35. The summed E-state index contributed by atoms with van der Waals surface area (Å²) in [5.74, 6) is 2.51. The highest BCUT2D eigenvalue weighted by atomic mass is 32.1. The van der Waals surface area contributed by atoms with E-state index in [-0.39, 0.29) is 0 Å². The topological polar surface area (TPSA) is 63.4 Å². The Balaban J connectivity index is 1.59. The van der Waals surface area contributed by atoms with E-state index in [4.69, 9.17) is 15.5 Å². The number of ether oxygens (including phenoxy) is 1. The molecule has 30 heavy (non-hydrogen) atoms. The van der Waals surface area contributed by atoms with Gasteiger partial charge in [-0.2, -0.15) is 25.3 Å². The SMILES string of the molecule is Nc1ccc(-c2nc3ccccc3s2)c(OCCCN(CCS)CCNCCS)c1. The molecule has 0 spiro atoms. The highest BCUT2D eigenvalue weighted by Gasteiger charge is 2.12. The molecular weight excluding hydrogens is 432 g/mol. The summed E-state index contributed by atoms with van der Waals surface area (Å²) in [4.78, 5) is 7.18. The van der Waals surface area contributed by atoms with E-state index < -0.39 is 0 Å². The second-order valence-electron chi connectivity index (χ2n) is 6.98. The number of nitrogens with one attached hydrogen (secondary N) is 1. The predicted octanol–water partition coefficient (Wildman–Crippen LogP) is 4.07. The van der Waals surface area contributed by atoms with Crippen LogP contribution in [-0.4, -0.2) is 60.7 Å². The fourth-order valence-electron chi connectivity index (χ4n) is 3.21. The van der Waals surface area contributed by atoms with Crippen molar-refractivity contribution in [2.24, 2.45) is 0 Å². The van der Waals surface area contributed by atoms with Gasteiger partial charge in [-0.3, -0.25) is 0 Å². The molecule has 0 amide bonds. The second kappa shape index (κ2) is 12.4. The van der Waals surface area contributed by atoms with E-state index in [1.165, 1.54) is 4.70 Å². The number of benzene rings is 2. The van der Waals surface area contributed by atoms with Crippen molar-refractivity contribution in [1.82, 2.24) is 15.2 Å². The second-order valence-corrected chi connectivity index (χ2v) is 8.91. The molecule has 162 valence electrons. The molecule has 0 aliphatic heterocycles. The molecule has 3 rings (SSSR count). The van der Waals surface area contributed by atoms with Gasteiger partial charge in [0, 0.05) is 56.0 Å². The zero-order valence-electron chi connectivity index (χ0n) is 17.1. The van der Waals surface area contributed by atoms with Gasteiger partial charge in [0.25, 0.3) is 0 Å². The van der Waals surface area contributed by atoms with E-state index in [0.29, 0.717) is 12.3 Å². The highest BCUT2D eigenvalue weighted by Crippen LogP contribution is 2.36. The normalized spacial score (nSPS) is 11.4. The molecule has 0 saturated carbocycles. The minimum Gasteiger partial charge on any atom is -0.493 e. The average Bonchev–Trinajstić information content (AvgIpc) is 3.18. The van der Waals surface area contributed by atoms with Gasteiger partial charge in [-0.05, 0) is 30.7 Å². The van der Waals surface area contributed by atoms with Crippen LogP contribution in [0.3, 0.4) is 0 Å². The summed E-state index contributed by atoms with van der Waals surface area (Å²) in [6, 6.07) is 14.0. The maximum Gasteiger partial charge on any atom is 0.131 e. The van der Waals surface area contributed by atoms with Gasteiger partial charge in [0.2, 0.25) is 0 Å². The standard InChI is InChI=1S/C22H30N4OS3/c23-17-6-7-18(22-25-19-4-1-2-5-21(19)30-22)20(16-17)27-13-3-10-26(12-15-29)11-8-24-9-14-28/h1-2,4-7,16,24,28-29H,3,8-15,23H2. The Morgan fingerprint density at radius 2 is 1.90 bits per heavy atom. The first-order valence-electron chi connectivity index (χ1n) is 10.2. The first-order chi connectivity index (χ1) is 14.7. The molecule has 0 radical (unpaired) electrons. The smallest absolute Gasteiger partial charge is 0.131 e. The Morgan fingerprint density at radius 3 is 2.70 bits per heavy atom. The fraction of sp³-hybridized carbons (Fsp3) is 0.409. The summed E-state index contributed by atoms with van der Waals surface area (Å²) < 4.78 is 7.33. The van der Waals surface area contributed by atoms with Crippen molar-refractivity contribution in [2.75, 3.05) is 56.6 Å². The van der Waals surface area contributed by atoms with Crippen LogP contribution in [-0.2, 0) is 0 Å². The van der Waals surface area contributed by atoms with Gasteiger partial charge in [-0.15, -0.1) is 11.3 Å². The Morgan fingerprint density at radius 1 is 1.03 bits per heavy atom. The van der Waals surface area contributed by atoms with Crippen molar-refractivity contribution in [3.8, 4) is 16.3 Å². The number of fused-ring (bicyclic) bond motifs is 1. The fourth-order valence-corrected chi connectivity index (χ4v) is 4.65. The predicted molar refractivity (Wildman–Crippen MR) is 137 cm³/mol. The van der Waals surface area contributed by atoms with Gasteiger partial charge < -0.3 is 20.7 Å². The minimum absolute atomic E-state index is 0.633. The van der Waals surface area contributed by atoms with E-state index >= 15 is 0 Å². The molecule has 0 aliphatic rings. The number of nitrogen functional groups attached to an aromatic ring is 1. The van der Waals surface area contributed by atoms with Gasteiger partial charge in [0.05, 0.1) is 22.4 Å². The molecule has 1 aromatic heterocycles. The Bertz CT molecular complexity index is 885. The number of hydrogen-bond acceptors (Lipinski definition) is 8. The summed E-state index contributed by atoms with van der Waals surface area (Å²) in [5.41, 5.74) is 8.72. The van der Waals surface area contributed by atoms with Crippen molar-refractivity contribution >= 4 is 52.5 Å². The van der Waals surface area contributed by atoms with Crippen molar-refractivity contribution in [3.05, 3.63) is 42.5 Å². The van der Waals surface area contributed by atoms with Crippen LogP contribution in [0.4, 0.5) is 5.69 Å². The molecule has 0 unspecified atom stereocenters. The molecule has 1 heterocycles. The van der Waals surface area contributed by atoms with Crippen LogP contribution in [0.2, 0.25) is 0 Å². The van der Waals surface area contributed by atoms with Crippen LogP contribution in [0.25, 0.3) is 20.8 Å². The Hall–Kier alpha value is -1.45. The molecule has 0 atom stereocenters. The maximum atomic E-state index is 6.16. The van der Waals surface area contributed by atoms with Crippen molar-refractivity contribution in [1.29, 1.82) is 0 Å². The number of rotatable bonds is 13. The molecule has 5 nitrogen and oxygen atoms in total. The zero-order chi connectivity index (χ0) is 21.2. The van der Waals surface area contributed by atoms with Crippen LogP contribution >= 0.6 is 36.6 Å². The van der Waals surface area contributed by atoms with Crippen molar-refractivity contribution in [2.45, 2.75) is 6.42 Å². The molecule has 3 aromatic rings. The van der Waals surface area contributed by atoms with Crippen molar-refractivity contribution < 1.29 is 4.74 Å². The van der Waals surface area contributed by atoms with E-state index in [2.05, 4.69) is 41.5 Å². The lowest BCUT2D eigenvalue weighted by Gasteiger charge is -2.21. The number of para-hydroxylation sites is 1. The highest BCUT2D eigenvalue weighted by molar-refractivity contribution is 7.80. The van der Waals surface area contributed by atoms with Crippen molar-refractivity contribution in [3.63, 3.8) is 0 Å². The first-order valence-corrected chi connectivity index (χ1v) is 12.3. The number of anilines is 1. The monoisotopic (exact) mass is 462 g/mol. The van der Waals surface area contributed by atoms with Crippen LogP contribution in [0.15, 0.2) is 42.5 Å². The van der Waals surface area contributed by atoms with Gasteiger partial charge >= 0.3 is 0 Å². The number of aromatic nitrogens is 1. The van der Waals surface area contributed by atoms with Gasteiger partial charge in [0.15, 0.2) is 0 Å². The number of nitrogens with two attached hydrogens (primary N) is 1. The summed E-state index contributed by atoms with van der Waals surface area (Å²) in [7, 11) is 0.